The minimum atomic E-state index is -2.59. The summed E-state index contributed by atoms with van der Waals surface area (Å²) in [5.74, 6) is 0. The van der Waals surface area contributed by atoms with Crippen molar-refractivity contribution < 1.29 is 8.78 Å². The molecule has 0 aliphatic carbocycles. The molecular formula is C12H12F2N2. The minimum Gasteiger partial charge on any atom is -0.211 e. The summed E-state index contributed by atoms with van der Waals surface area (Å²) in [7, 11) is 0. The Hall–Kier alpha value is -1.71. The van der Waals surface area contributed by atoms with Crippen LogP contribution in [0.2, 0.25) is 0 Å². The van der Waals surface area contributed by atoms with Crippen molar-refractivity contribution in [1.82, 2.24) is 9.78 Å². The van der Waals surface area contributed by atoms with E-state index in [0.29, 0.717) is 10.4 Å². The van der Waals surface area contributed by atoms with Crippen LogP contribution in [0.25, 0.3) is 11.1 Å². The molecule has 0 bridgehead atoms. The fourth-order valence-electron chi connectivity index (χ4n) is 1.60. The maximum absolute atomic E-state index is 12.4. The van der Waals surface area contributed by atoms with Crippen LogP contribution in [-0.2, 0) is 0 Å². The number of nitrogens with zero attached hydrogens (tertiary/aromatic N) is 2. The third-order valence-electron chi connectivity index (χ3n) is 2.48. The van der Waals surface area contributed by atoms with Crippen LogP contribution in [-0.4, -0.2) is 9.78 Å². The highest BCUT2D eigenvalue weighted by atomic mass is 19.3. The number of benzene rings is 1. The second-order valence-electron chi connectivity index (χ2n) is 3.75. The van der Waals surface area contributed by atoms with E-state index in [-0.39, 0.29) is 0 Å². The molecule has 0 N–H and O–H groups in total. The molecule has 0 saturated heterocycles. The van der Waals surface area contributed by atoms with Gasteiger partial charge in [-0.2, -0.15) is 13.9 Å². The van der Waals surface area contributed by atoms with Crippen LogP contribution in [0.4, 0.5) is 8.78 Å². The van der Waals surface area contributed by atoms with Crippen LogP contribution in [0, 0.1) is 13.8 Å². The molecule has 1 aromatic carbocycles. The summed E-state index contributed by atoms with van der Waals surface area (Å²) in [4.78, 5) is 0. The fourth-order valence-corrected chi connectivity index (χ4v) is 1.60. The summed E-state index contributed by atoms with van der Waals surface area (Å²) in [6.45, 7) is 1.13. The van der Waals surface area contributed by atoms with E-state index < -0.39 is 6.55 Å². The normalized spacial score (nSPS) is 11.1. The molecule has 0 atom stereocenters. The van der Waals surface area contributed by atoms with Gasteiger partial charge in [0.05, 0.1) is 5.69 Å². The number of rotatable bonds is 2. The zero-order chi connectivity index (χ0) is 11.7. The van der Waals surface area contributed by atoms with Gasteiger partial charge in [-0.3, -0.25) is 0 Å². The van der Waals surface area contributed by atoms with E-state index in [1.54, 1.807) is 6.92 Å². The summed E-state index contributed by atoms with van der Waals surface area (Å²) in [5, 5.41) is 3.78. The Morgan fingerprint density at radius 1 is 1.12 bits per heavy atom. The Morgan fingerprint density at radius 3 is 2.25 bits per heavy atom. The molecule has 0 radical (unpaired) electrons. The predicted octanol–water partition coefficient (Wildman–Crippen LogP) is 3.56. The molecule has 1 aromatic heterocycles. The highest BCUT2D eigenvalue weighted by Crippen LogP contribution is 2.24. The molecule has 0 fully saturated rings. The van der Waals surface area contributed by atoms with E-state index in [1.165, 1.54) is 6.20 Å². The Labute approximate surface area is 92.5 Å². The zero-order valence-electron chi connectivity index (χ0n) is 9.11. The first-order chi connectivity index (χ1) is 7.58. The van der Waals surface area contributed by atoms with Gasteiger partial charge in [-0.1, -0.05) is 29.8 Å². The first kappa shape index (κ1) is 10.8. The molecular weight excluding hydrogens is 210 g/mol. The lowest BCUT2D eigenvalue weighted by atomic mass is 10.1. The van der Waals surface area contributed by atoms with E-state index in [1.807, 2.05) is 31.2 Å². The van der Waals surface area contributed by atoms with Crippen molar-refractivity contribution in [3.8, 4) is 11.1 Å². The first-order valence-electron chi connectivity index (χ1n) is 4.99. The minimum absolute atomic E-state index is 0.615. The summed E-state index contributed by atoms with van der Waals surface area (Å²) in [5.41, 5.74) is 3.42. The average molecular weight is 222 g/mol. The Balaban J connectivity index is 2.44. The van der Waals surface area contributed by atoms with Gasteiger partial charge >= 0.3 is 6.55 Å². The summed E-state index contributed by atoms with van der Waals surface area (Å²) < 4.78 is 25.6. The highest BCUT2D eigenvalue weighted by molar-refractivity contribution is 5.65. The molecule has 2 nitrogen and oxygen atoms in total. The van der Waals surface area contributed by atoms with Crippen LogP contribution >= 0.6 is 0 Å². The van der Waals surface area contributed by atoms with Gasteiger partial charge in [-0.05, 0) is 19.4 Å². The lowest BCUT2D eigenvalue weighted by Crippen LogP contribution is -1.97. The molecule has 0 amide bonds. The van der Waals surface area contributed by atoms with Crippen LogP contribution in [0.15, 0.2) is 30.5 Å². The number of hydrogen-bond acceptors (Lipinski definition) is 1. The maximum atomic E-state index is 12.4. The molecule has 0 aliphatic rings. The Bertz CT molecular complexity index is 486. The van der Waals surface area contributed by atoms with Crippen molar-refractivity contribution in [3.63, 3.8) is 0 Å². The monoisotopic (exact) mass is 222 g/mol. The molecule has 0 unspecified atom stereocenters. The number of hydrogen-bond donors (Lipinski definition) is 0. The molecule has 0 aliphatic heterocycles. The number of aromatic nitrogens is 2. The van der Waals surface area contributed by atoms with Crippen molar-refractivity contribution in [1.29, 1.82) is 0 Å². The van der Waals surface area contributed by atoms with Gasteiger partial charge in [-0.25, -0.2) is 4.68 Å². The third-order valence-corrected chi connectivity index (χ3v) is 2.48. The second-order valence-corrected chi connectivity index (χ2v) is 3.75. The molecule has 1 heterocycles. The van der Waals surface area contributed by atoms with Gasteiger partial charge in [0.1, 0.15) is 0 Å². The lowest BCUT2D eigenvalue weighted by Gasteiger charge is -1.99. The third kappa shape index (κ3) is 1.96. The van der Waals surface area contributed by atoms with E-state index in [4.69, 9.17) is 0 Å². The summed E-state index contributed by atoms with van der Waals surface area (Å²) >= 11 is 0. The van der Waals surface area contributed by atoms with Gasteiger partial charge < -0.3 is 0 Å². The standard InChI is InChI=1S/C12H12F2N2/c1-8-3-5-10(6-4-8)11-7-16(12(13)14)15-9(11)2/h3-7,12H,1-2H3. The number of aryl methyl sites for hydroxylation is 2. The van der Waals surface area contributed by atoms with Crippen LogP contribution < -0.4 is 0 Å². The zero-order valence-corrected chi connectivity index (χ0v) is 9.11. The molecule has 4 heteroatoms. The number of alkyl halides is 2. The van der Waals surface area contributed by atoms with E-state index in [9.17, 15) is 8.78 Å². The van der Waals surface area contributed by atoms with Crippen LogP contribution in [0.3, 0.4) is 0 Å². The maximum Gasteiger partial charge on any atom is 0.333 e. The van der Waals surface area contributed by atoms with Gasteiger partial charge in [0.15, 0.2) is 0 Å². The summed E-state index contributed by atoms with van der Waals surface area (Å²) in [6, 6.07) is 7.73. The van der Waals surface area contributed by atoms with Gasteiger partial charge in [-0.15, -0.1) is 0 Å². The molecule has 16 heavy (non-hydrogen) atoms. The van der Waals surface area contributed by atoms with Crippen molar-refractivity contribution >= 4 is 0 Å². The fraction of sp³-hybridized carbons (Fsp3) is 0.250. The van der Waals surface area contributed by atoms with Crippen LogP contribution in [0.5, 0.6) is 0 Å². The van der Waals surface area contributed by atoms with Gasteiger partial charge in [0.2, 0.25) is 0 Å². The molecule has 2 aromatic rings. The Kier molecular flexibility index (Phi) is 2.73. The van der Waals surface area contributed by atoms with Gasteiger partial charge in [0.25, 0.3) is 0 Å². The Morgan fingerprint density at radius 2 is 1.75 bits per heavy atom. The second kappa shape index (κ2) is 4.04. The van der Waals surface area contributed by atoms with E-state index >= 15 is 0 Å². The molecule has 0 spiro atoms. The van der Waals surface area contributed by atoms with Crippen molar-refractivity contribution in [3.05, 3.63) is 41.7 Å². The molecule has 84 valence electrons. The predicted molar refractivity (Wildman–Crippen MR) is 58.4 cm³/mol. The van der Waals surface area contributed by atoms with Gasteiger partial charge in [0, 0.05) is 11.8 Å². The molecule has 0 saturated carbocycles. The quantitative estimate of drug-likeness (QED) is 0.759. The van der Waals surface area contributed by atoms with Crippen molar-refractivity contribution in [2.24, 2.45) is 0 Å². The SMILES string of the molecule is Cc1ccc(-c2cn(C(F)F)nc2C)cc1. The average Bonchev–Trinajstić information content (AvgIpc) is 2.62. The van der Waals surface area contributed by atoms with Crippen LogP contribution in [0.1, 0.15) is 17.8 Å². The lowest BCUT2D eigenvalue weighted by molar-refractivity contribution is 0.0563. The molecule has 2 rings (SSSR count). The smallest absolute Gasteiger partial charge is 0.211 e. The van der Waals surface area contributed by atoms with E-state index in [2.05, 4.69) is 5.10 Å². The first-order valence-corrected chi connectivity index (χ1v) is 4.99. The largest absolute Gasteiger partial charge is 0.333 e. The highest BCUT2D eigenvalue weighted by Gasteiger charge is 2.12. The summed E-state index contributed by atoms with van der Waals surface area (Å²) in [6.07, 6.45) is 1.38. The topological polar surface area (TPSA) is 17.8 Å². The van der Waals surface area contributed by atoms with Crippen molar-refractivity contribution in [2.45, 2.75) is 20.4 Å². The number of halogens is 2. The van der Waals surface area contributed by atoms with Crippen molar-refractivity contribution in [2.75, 3.05) is 0 Å². The van der Waals surface area contributed by atoms with E-state index in [0.717, 1.165) is 16.7 Å².